The average molecular weight is 581 g/mol. The summed E-state index contributed by atoms with van der Waals surface area (Å²) < 4.78 is 4.20. The van der Waals surface area contributed by atoms with Gasteiger partial charge >= 0.3 is 0 Å². The second-order valence-corrected chi connectivity index (χ2v) is 10.7. The Bertz CT molecular complexity index is 1410. The molecule has 1 heterocycles. The van der Waals surface area contributed by atoms with Crippen molar-refractivity contribution in [1.29, 1.82) is 0 Å². The smallest absolute Gasteiger partial charge is 0.211 e. The van der Waals surface area contributed by atoms with Crippen molar-refractivity contribution in [3.05, 3.63) is 83.2 Å². The first-order valence-electron chi connectivity index (χ1n) is 12.1. The molecule has 0 aliphatic carbocycles. The number of azo groups is 1. The Morgan fingerprint density at radius 1 is 0.892 bits per heavy atom. The molecule has 0 radical (unpaired) electrons. The molecule has 0 unspecified atom stereocenters. The summed E-state index contributed by atoms with van der Waals surface area (Å²) in [6.07, 6.45) is 1.75. The SMILES string of the molecule is CCN(CC[N+](C)(C)C)c1ccc(N=Nc2ccc(C=NN=c3sc4ccccc4n3C)cc2)cc1.[Br-]. The van der Waals surface area contributed by atoms with Gasteiger partial charge in [-0.2, -0.15) is 15.3 Å². The van der Waals surface area contributed by atoms with Crippen molar-refractivity contribution < 1.29 is 21.5 Å². The number of aromatic nitrogens is 1. The molecule has 4 rings (SSSR count). The third kappa shape index (κ3) is 7.92. The van der Waals surface area contributed by atoms with Crippen LogP contribution in [0.2, 0.25) is 0 Å². The Balaban J connectivity index is 0.00000380. The molecular weight excluding hydrogens is 546 g/mol. The summed E-state index contributed by atoms with van der Waals surface area (Å²) in [7, 11) is 8.67. The van der Waals surface area contributed by atoms with Gasteiger partial charge in [-0.25, -0.2) is 0 Å². The topological polar surface area (TPSA) is 57.6 Å². The predicted octanol–water partition coefficient (Wildman–Crippen LogP) is 3.13. The lowest BCUT2D eigenvalue weighted by Crippen LogP contribution is -3.00. The molecule has 0 spiro atoms. The van der Waals surface area contributed by atoms with E-state index in [0.717, 1.165) is 51.4 Å². The molecule has 4 aromatic rings. The van der Waals surface area contributed by atoms with Crippen molar-refractivity contribution in [2.45, 2.75) is 6.92 Å². The third-order valence-corrected chi connectivity index (χ3v) is 6.98. The summed E-state index contributed by atoms with van der Waals surface area (Å²) in [6.45, 7) is 5.28. The lowest BCUT2D eigenvalue weighted by molar-refractivity contribution is -0.868. The first kappa shape index (κ1) is 28.4. The predicted molar refractivity (Wildman–Crippen MR) is 152 cm³/mol. The highest BCUT2D eigenvalue weighted by atomic mass is 79.9. The first-order chi connectivity index (χ1) is 17.3. The van der Waals surface area contributed by atoms with E-state index in [1.165, 1.54) is 10.4 Å². The lowest BCUT2D eigenvalue weighted by atomic mass is 10.2. The molecule has 0 saturated heterocycles. The maximum Gasteiger partial charge on any atom is 0.211 e. The number of fused-ring (bicyclic) bond motifs is 1. The second-order valence-electron chi connectivity index (χ2n) is 9.66. The van der Waals surface area contributed by atoms with E-state index in [1.807, 2.05) is 55.6 Å². The maximum atomic E-state index is 4.40. The minimum Gasteiger partial charge on any atom is -1.00 e. The Labute approximate surface area is 233 Å². The van der Waals surface area contributed by atoms with Crippen molar-refractivity contribution in [2.75, 3.05) is 45.7 Å². The lowest BCUT2D eigenvalue weighted by Gasteiger charge is -2.29. The highest BCUT2D eigenvalue weighted by molar-refractivity contribution is 7.16. The largest absolute Gasteiger partial charge is 1.00 e. The molecule has 3 aromatic carbocycles. The molecule has 0 N–H and O–H groups in total. The van der Waals surface area contributed by atoms with Crippen LogP contribution in [0.5, 0.6) is 0 Å². The molecule has 0 saturated carbocycles. The number of benzene rings is 3. The van der Waals surface area contributed by atoms with E-state index in [0.29, 0.717) is 0 Å². The fourth-order valence-electron chi connectivity index (χ4n) is 3.69. The number of aryl methyl sites for hydroxylation is 1. The Kier molecular flexibility index (Phi) is 9.91. The second kappa shape index (κ2) is 12.9. The molecule has 0 bridgehead atoms. The highest BCUT2D eigenvalue weighted by Crippen LogP contribution is 2.22. The van der Waals surface area contributed by atoms with E-state index < -0.39 is 0 Å². The van der Waals surface area contributed by atoms with Crippen LogP contribution < -0.4 is 26.7 Å². The van der Waals surface area contributed by atoms with Gasteiger partial charge in [0.15, 0.2) is 0 Å². The van der Waals surface area contributed by atoms with Crippen LogP contribution in [0, 0.1) is 0 Å². The average Bonchev–Trinajstić information content (AvgIpc) is 3.19. The van der Waals surface area contributed by atoms with Crippen LogP contribution in [-0.2, 0) is 7.05 Å². The standard InChI is InChI=1S/C28H34N7S.BrH/c1-6-34(19-20-35(3,4)5)25-17-15-24(16-18-25)31-30-23-13-11-22(12-14-23)21-29-32-28-33(2)26-9-7-8-10-27(26)36-28;/h7-18,21H,6,19-20H2,1-5H3;1H/q+1;/p-1. The zero-order valence-electron chi connectivity index (χ0n) is 22.0. The van der Waals surface area contributed by atoms with Crippen LogP contribution in [-0.4, -0.2) is 56.0 Å². The van der Waals surface area contributed by atoms with E-state index in [1.54, 1.807) is 17.6 Å². The number of rotatable bonds is 9. The molecular formula is C28H34BrN7S. The quantitative estimate of drug-likeness (QED) is 0.130. The summed E-state index contributed by atoms with van der Waals surface area (Å²) in [6, 6.07) is 24.3. The number of thiazole rings is 1. The molecule has 0 atom stereocenters. The molecule has 0 fully saturated rings. The number of likely N-dealkylation sites (N-methyl/N-ethyl adjacent to an activating group) is 2. The van der Waals surface area contributed by atoms with Crippen LogP contribution >= 0.6 is 11.3 Å². The van der Waals surface area contributed by atoms with Crippen LogP contribution in [0.3, 0.4) is 0 Å². The number of quaternary nitrogens is 1. The monoisotopic (exact) mass is 579 g/mol. The van der Waals surface area contributed by atoms with E-state index in [-0.39, 0.29) is 17.0 Å². The normalized spacial score (nSPS) is 12.5. The van der Waals surface area contributed by atoms with Gasteiger partial charge in [0.25, 0.3) is 0 Å². The third-order valence-electron chi connectivity index (χ3n) is 5.88. The summed E-state index contributed by atoms with van der Waals surface area (Å²) in [5, 5.41) is 17.5. The Hall–Kier alpha value is -3.14. The number of hydrogen-bond acceptors (Lipinski definition) is 6. The maximum absolute atomic E-state index is 4.40. The van der Waals surface area contributed by atoms with E-state index in [9.17, 15) is 0 Å². The molecule has 0 aliphatic rings. The number of nitrogens with zero attached hydrogens (tertiary/aromatic N) is 7. The van der Waals surface area contributed by atoms with Gasteiger partial charge in [-0.15, -0.1) is 5.10 Å². The summed E-state index contributed by atoms with van der Waals surface area (Å²) in [5.41, 5.74) is 4.95. The molecule has 0 amide bonds. The van der Waals surface area contributed by atoms with Gasteiger partial charge in [0.2, 0.25) is 4.80 Å². The fourth-order valence-corrected chi connectivity index (χ4v) is 4.66. The number of anilines is 1. The van der Waals surface area contributed by atoms with Crippen molar-refractivity contribution in [3.63, 3.8) is 0 Å². The summed E-state index contributed by atoms with van der Waals surface area (Å²) >= 11 is 1.62. The first-order valence-corrected chi connectivity index (χ1v) is 12.9. The van der Waals surface area contributed by atoms with Gasteiger partial charge in [-0.3, -0.25) is 0 Å². The number of halogens is 1. The summed E-state index contributed by atoms with van der Waals surface area (Å²) in [4.78, 5) is 3.25. The zero-order valence-corrected chi connectivity index (χ0v) is 24.4. The van der Waals surface area contributed by atoms with Crippen LogP contribution in [0.15, 0.2) is 93.2 Å². The van der Waals surface area contributed by atoms with Crippen LogP contribution in [0.4, 0.5) is 17.1 Å². The van der Waals surface area contributed by atoms with Crippen LogP contribution in [0.25, 0.3) is 10.2 Å². The minimum absolute atomic E-state index is 0. The summed E-state index contributed by atoms with van der Waals surface area (Å²) in [5.74, 6) is 0. The van der Waals surface area contributed by atoms with Gasteiger partial charge < -0.3 is 30.9 Å². The van der Waals surface area contributed by atoms with Crippen molar-refractivity contribution >= 4 is 44.8 Å². The van der Waals surface area contributed by atoms with Gasteiger partial charge in [-0.05, 0) is 61.0 Å². The highest BCUT2D eigenvalue weighted by Gasteiger charge is 2.11. The molecule has 7 nitrogen and oxygen atoms in total. The van der Waals surface area contributed by atoms with E-state index in [4.69, 9.17) is 0 Å². The number of hydrogen-bond donors (Lipinski definition) is 0. The van der Waals surface area contributed by atoms with Crippen molar-refractivity contribution in [2.24, 2.45) is 27.5 Å². The Morgan fingerprint density at radius 3 is 2.11 bits per heavy atom. The molecule has 194 valence electrons. The van der Waals surface area contributed by atoms with Crippen molar-refractivity contribution in [1.82, 2.24) is 4.57 Å². The van der Waals surface area contributed by atoms with Crippen molar-refractivity contribution in [3.8, 4) is 0 Å². The zero-order chi connectivity index (χ0) is 25.5. The van der Waals surface area contributed by atoms with E-state index in [2.05, 4.69) is 82.2 Å². The van der Waals surface area contributed by atoms with E-state index >= 15 is 0 Å². The van der Waals surface area contributed by atoms with Gasteiger partial charge in [0.05, 0.1) is 62.0 Å². The Morgan fingerprint density at radius 2 is 1.51 bits per heavy atom. The molecule has 1 aromatic heterocycles. The van der Waals surface area contributed by atoms with Gasteiger partial charge in [-0.1, -0.05) is 35.6 Å². The molecule has 0 aliphatic heterocycles. The molecule has 37 heavy (non-hydrogen) atoms. The van der Waals surface area contributed by atoms with Crippen LogP contribution in [0.1, 0.15) is 12.5 Å². The minimum atomic E-state index is 0. The van der Waals surface area contributed by atoms with Gasteiger partial charge in [0, 0.05) is 19.3 Å². The van der Waals surface area contributed by atoms with Gasteiger partial charge in [0.1, 0.15) is 0 Å². The molecule has 9 heteroatoms. The number of para-hydroxylation sites is 1. The fraction of sp³-hybridized carbons (Fsp3) is 0.286.